The minimum atomic E-state index is 0.353. The highest BCUT2D eigenvalue weighted by molar-refractivity contribution is 6.36. The fourth-order valence-electron chi connectivity index (χ4n) is 1.76. The zero-order valence-corrected chi connectivity index (χ0v) is 13.8. The molecule has 0 radical (unpaired) electrons. The van der Waals surface area contributed by atoms with E-state index in [-0.39, 0.29) is 0 Å². The van der Waals surface area contributed by atoms with Gasteiger partial charge in [0.1, 0.15) is 5.82 Å². The van der Waals surface area contributed by atoms with Gasteiger partial charge < -0.3 is 10.6 Å². The lowest BCUT2D eigenvalue weighted by Gasteiger charge is -2.14. The third kappa shape index (κ3) is 4.48. The van der Waals surface area contributed by atoms with Gasteiger partial charge in [-0.1, -0.05) is 30.1 Å². The van der Waals surface area contributed by atoms with Gasteiger partial charge in [0.25, 0.3) is 0 Å². The van der Waals surface area contributed by atoms with Crippen LogP contribution in [0.15, 0.2) is 24.3 Å². The number of halogens is 2. The van der Waals surface area contributed by atoms with E-state index in [1.54, 1.807) is 18.2 Å². The summed E-state index contributed by atoms with van der Waals surface area (Å²) in [6.45, 7) is 6.16. The van der Waals surface area contributed by atoms with Crippen molar-refractivity contribution in [2.75, 3.05) is 10.6 Å². The van der Waals surface area contributed by atoms with Gasteiger partial charge in [-0.15, -0.1) is 0 Å². The van der Waals surface area contributed by atoms with Crippen molar-refractivity contribution >= 4 is 40.7 Å². The summed E-state index contributed by atoms with van der Waals surface area (Å²) in [5.74, 6) is 1.30. The number of nitrogens with zero attached hydrogens (tertiary/aromatic N) is 2. The van der Waals surface area contributed by atoms with E-state index < -0.39 is 0 Å². The molecule has 0 aliphatic heterocycles. The number of anilines is 3. The second-order valence-electron chi connectivity index (χ2n) is 4.92. The van der Waals surface area contributed by atoms with Gasteiger partial charge in [0, 0.05) is 22.8 Å². The molecule has 0 spiro atoms. The van der Waals surface area contributed by atoms with E-state index in [0.717, 1.165) is 23.6 Å². The van der Waals surface area contributed by atoms with Crippen LogP contribution in [0.5, 0.6) is 0 Å². The quantitative estimate of drug-likeness (QED) is 0.808. The molecule has 6 heteroatoms. The molecule has 1 aromatic carbocycles. The van der Waals surface area contributed by atoms with Gasteiger partial charge in [-0.05, 0) is 38.5 Å². The molecule has 1 unspecified atom stereocenters. The van der Waals surface area contributed by atoms with E-state index in [9.17, 15) is 0 Å². The first-order chi connectivity index (χ1) is 9.97. The van der Waals surface area contributed by atoms with Crippen LogP contribution in [-0.4, -0.2) is 16.0 Å². The van der Waals surface area contributed by atoms with Crippen molar-refractivity contribution < 1.29 is 0 Å². The van der Waals surface area contributed by atoms with Crippen LogP contribution >= 0.6 is 23.2 Å². The molecule has 0 aliphatic rings. The Labute approximate surface area is 134 Å². The third-order valence-electron chi connectivity index (χ3n) is 3.04. The van der Waals surface area contributed by atoms with E-state index in [4.69, 9.17) is 23.2 Å². The summed E-state index contributed by atoms with van der Waals surface area (Å²) in [5, 5.41) is 7.58. The highest BCUT2D eigenvalue weighted by Gasteiger charge is 2.07. The standard InChI is InChI=1S/C15H18Cl2N4/c1-4-9(2)18-14-7-10(3)19-15(21-14)20-13-6-5-11(16)8-12(13)17/h5-9H,4H2,1-3H3,(H2,18,19,20,21). The minimum absolute atomic E-state index is 0.353. The smallest absolute Gasteiger partial charge is 0.229 e. The molecule has 1 aromatic heterocycles. The van der Waals surface area contributed by atoms with Gasteiger partial charge in [0.05, 0.1) is 10.7 Å². The van der Waals surface area contributed by atoms with Crippen LogP contribution in [0.2, 0.25) is 10.0 Å². The van der Waals surface area contributed by atoms with E-state index in [1.165, 1.54) is 0 Å². The van der Waals surface area contributed by atoms with Gasteiger partial charge in [-0.2, -0.15) is 4.98 Å². The fourth-order valence-corrected chi connectivity index (χ4v) is 2.22. The fraction of sp³-hybridized carbons (Fsp3) is 0.333. The van der Waals surface area contributed by atoms with Crippen molar-refractivity contribution in [3.05, 3.63) is 40.0 Å². The van der Waals surface area contributed by atoms with Crippen LogP contribution in [-0.2, 0) is 0 Å². The number of hydrogen-bond donors (Lipinski definition) is 2. The summed E-state index contributed by atoms with van der Waals surface area (Å²) < 4.78 is 0. The van der Waals surface area contributed by atoms with Crippen LogP contribution < -0.4 is 10.6 Å². The van der Waals surface area contributed by atoms with Crippen LogP contribution in [0.1, 0.15) is 26.0 Å². The van der Waals surface area contributed by atoms with Crippen LogP contribution in [0, 0.1) is 6.92 Å². The SMILES string of the molecule is CCC(C)Nc1cc(C)nc(Nc2ccc(Cl)cc2Cl)n1. The highest BCUT2D eigenvalue weighted by Crippen LogP contribution is 2.27. The molecule has 0 saturated carbocycles. The Morgan fingerprint density at radius 2 is 1.95 bits per heavy atom. The number of rotatable bonds is 5. The molecule has 2 N–H and O–H groups in total. The monoisotopic (exact) mass is 324 g/mol. The first-order valence-electron chi connectivity index (χ1n) is 6.82. The average molecular weight is 325 g/mol. The maximum absolute atomic E-state index is 6.15. The largest absolute Gasteiger partial charge is 0.367 e. The Kier molecular flexibility index (Phi) is 5.26. The number of aromatic nitrogens is 2. The van der Waals surface area contributed by atoms with E-state index in [1.807, 2.05) is 13.0 Å². The predicted octanol–water partition coefficient (Wildman–Crippen LogP) is 5.05. The third-order valence-corrected chi connectivity index (χ3v) is 3.59. The van der Waals surface area contributed by atoms with Crippen LogP contribution in [0.25, 0.3) is 0 Å². The van der Waals surface area contributed by atoms with Gasteiger partial charge in [0.2, 0.25) is 5.95 Å². The van der Waals surface area contributed by atoms with E-state index in [2.05, 4.69) is 34.4 Å². The Morgan fingerprint density at radius 1 is 1.19 bits per heavy atom. The predicted molar refractivity (Wildman–Crippen MR) is 89.9 cm³/mol. The van der Waals surface area contributed by atoms with Crippen molar-refractivity contribution in [3.8, 4) is 0 Å². The summed E-state index contributed by atoms with van der Waals surface area (Å²) >= 11 is 12.0. The second kappa shape index (κ2) is 6.96. The molecule has 1 atom stereocenters. The van der Waals surface area contributed by atoms with Gasteiger partial charge in [-0.25, -0.2) is 4.98 Å². The number of benzene rings is 1. The van der Waals surface area contributed by atoms with E-state index >= 15 is 0 Å². The summed E-state index contributed by atoms with van der Waals surface area (Å²) in [4.78, 5) is 8.83. The normalized spacial score (nSPS) is 12.0. The van der Waals surface area contributed by atoms with E-state index in [0.29, 0.717) is 22.0 Å². The van der Waals surface area contributed by atoms with Crippen molar-refractivity contribution in [2.24, 2.45) is 0 Å². The molecule has 0 saturated heterocycles. The molecule has 0 bridgehead atoms. The Bertz CT molecular complexity index is 631. The summed E-state index contributed by atoms with van der Waals surface area (Å²) in [6, 6.07) is 7.52. The molecule has 0 fully saturated rings. The Hall–Kier alpha value is -1.52. The molecule has 21 heavy (non-hydrogen) atoms. The summed E-state index contributed by atoms with van der Waals surface area (Å²) in [6.07, 6.45) is 1.02. The molecular weight excluding hydrogens is 307 g/mol. The Balaban J connectivity index is 2.23. The molecule has 0 amide bonds. The van der Waals surface area contributed by atoms with Crippen LogP contribution in [0.3, 0.4) is 0 Å². The number of aryl methyl sites for hydroxylation is 1. The van der Waals surface area contributed by atoms with Crippen molar-refractivity contribution in [1.29, 1.82) is 0 Å². The van der Waals surface area contributed by atoms with Crippen LogP contribution in [0.4, 0.5) is 17.5 Å². The molecule has 112 valence electrons. The van der Waals surface area contributed by atoms with Gasteiger partial charge in [0.15, 0.2) is 0 Å². The second-order valence-corrected chi connectivity index (χ2v) is 5.76. The zero-order chi connectivity index (χ0) is 15.4. The Morgan fingerprint density at radius 3 is 2.62 bits per heavy atom. The maximum atomic E-state index is 6.15. The minimum Gasteiger partial charge on any atom is -0.367 e. The van der Waals surface area contributed by atoms with Crippen molar-refractivity contribution in [3.63, 3.8) is 0 Å². The lowest BCUT2D eigenvalue weighted by atomic mass is 10.2. The summed E-state index contributed by atoms with van der Waals surface area (Å²) in [5.41, 5.74) is 1.60. The van der Waals surface area contributed by atoms with Gasteiger partial charge in [-0.3, -0.25) is 0 Å². The molecule has 2 aromatic rings. The molecule has 1 heterocycles. The van der Waals surface area contributed by atoms with Crippen molar-refractivity contribution in [1.82, 2.24) is 9.97 Å². The average Bonchev–Trinajstić information content (AvgIpc) is 2.41. The maximum Gasteiger partial charge on any atom is 0.229 e. The highest BCUT2D eigenvalue weighted by atomic mass is 35.5. The molecule has 0 aliphatic carbocycles. The topological polar surface area (TPSA) is 49.8 Å². The van der Waals surface area contributed by atoms with Gasteiger partial charge >= 0.3 is 0 Å². The first kappa shape index (κ1) is 15.9. The molecule has 4 nitrogen and oxygen atoms in total. The molecule has 2 rings (SSSR count). The lowest BCUT2D eigenvalue weighted by molar-refractivity contribution is 0.758. The number of hydrogen-bond acceptors (Lipinski definition) is 4. The number of nitrogens with one attached hydrogen (secondary N) is 2. The molecular formula is C15H18Cl2N4. The zero-order valence-electron chi connectivity index (χ0n) is 12.2. The summed E-state index contributed by atoms with van der Waals surface area (Å²) in [7, 11) is 0. The van der Waals surface area contributed by atoms with Crippen molar-refractivity contribution in [2.45, 2.75) is 33.2 Å². The first-order valence-corrected chi connectivity index (χ1v) is 7.58. The lowest BCUT2D eigenvalue weighted by Crippen LogP contribution is -2.15.